The van der Waals surface area contributed by atoms with Gasteiger partial charge in [0.15, 0.2) is 5.84 Å². The van der Waals surface area contributed by atoms with Crippen LogP contribution in [-0.2, 0) is 0 Å². The molecule has 0 fully saturated rings. The molecule has 0 amide bonds. The molecule has 0 radical (unpaired) electrons. The van der Waals surface area contributed by atoms with Crippen LogP contribution in [0.5, 0.6) is 0 Å². The van der Waals surface area contributed by atoms with Gasteiger partial charge in [-0.15, -0.1) is 10.3 Å². The van der Waals surface area contributed by atoms with Gasteiger partial charge in [-0.3, -0.25) is 0 Å². The Morgan fingerprint density at radius 3 is 2.41 bits per heavy atom. The minimum Gasteiger partial charge on any atom is -0.395 e. The van der Waals surface area contributed by atoms with Crippen LogP contribution in [0.3, 0.4) is 0 Å². The van der Waals surface area contributed by atoms with E-state index in [1.54, 1.807) is 9.91 Å². The van der Waals surface area contributed by atoms with E-state index in [9.17, 15) is 0 Å². The maximum absolute atomic E-state index is 9.09. The van der Waals surface area contributed by atoms with Crippen LogP contribution in [0.15, 0.2) is 40.4 Å². The van der Waals surface area contributed by atoms with Crippen LogP contribution in [0.25, 0.3) is 0 Å². The normalized spacial score (nSPS) is 14.5. The third-order valence-electron chi connectivity index (χ3n) is 3.17. The van der Waals surface area contributed by atoms with Crippen molar-refractivity contribution >= 4 is 11.8 Å². The van der Waals surface area contributed by atoms with Gasteiger partial charge in [0.2, 0.25) is 5.96 Å². The Morgan fingerprint density at radius 2 is 1.77 bits per heavy atom. The van der Waals surface area contributed by atoms with E-state index >= 15 is 0 Å². The van der Waals surface area contributed by atoms with Crippen molar-refractivity contribution in [3.8, 4) is 0 Å². The summed E-state index contributed by atoms with van der Waals surface area (Å²) in [5.41, 5.74) is 4.03. The first kappa shape index (κ1) is 16.2. The number of aliphatic hydroxyl groups is 2. The third-order valence-corrected chi connectivity index (χ3v) is 3.17. The molecule has 22 heavy (non-hydrogen) atoms. The molecule has 8 heteroatoms. The van der Waals surface area contributed by atoms with Crippen LogP contribution in [0.1, 0.15) is 5.56 Å². The summed E-state index contributed by atoms with van der Waals surface area (Å²) >= 11 is 0. The van der Waals surface area contributed by atoms with Gasteiger partial charge in [-0.2, -0.15) is 10.0 Å². The van der Waals surface area contributed by atoms with E-state index in [-0.39, 0.29) is 13.2 Å². The molecule has 0 aliphatic carbocycles. The standard InChI is InChI=1S/C14H22N6O2/c1-18(8-10-21)14-15-13(12-6-4-3-5-7-12)16-20(17-14)19(2)9-11-22/h3-7,21-22H,8-11H2,1-2H3,(H,15,16,17). The Kier molecular flexibility index (Phi) is 5.70. The Hall–Kier alpha value is -2.16. The maximum atomic E-state index is 9.09. The van der Waals surface area contributed by atoms with Crippen molar-refractivity contribution in [2.24, 2.45) is 10.1 Å². The van der Waals surface area contributed by atoms with Gasteiger partial charge >= 0.3 is 0 Å². The van der Waals surface area contributed by atoms with Gasteiger partial charge in [0.05, 0.1) is 13.2 Å². The number of rotatable bonds is 6. The van der Waals surface area contributed by atoms with E-state index in [2.05, 4.69) is 15.5 Å². The smallest absolute Gasteiger partial charge is 0.248 e. The molecular weight excluding hydrogens is 284 g/mol. The minimum absolute atomic E-state index is 0.0177. The lowest BCUT2D eigenvalue weighted by Gasteiger charge is -2.34. The van der Waals surface area contributed by atoms with Crippen LogP contribution in [-0.4, -0.2) is 77.5 Å². The molecule has 120 valence electrons. The molecule has 1 aliphatic heterocycles. The van der Waals surface area contributed by atoms with E-state index in [1.165, 1.54) is 5.23 Å². The predicted molar refractivity (Wildman–Crippen MR) is 84.8 cm³/mol. The Bertz CT molecular complexity index is 533. The maximum Gasteiger partial charge on any atom is 0.248 e. The Labute approximate surface area is 129 Å². The highest BCUT2D eigenvalue weighted by Gasteiger charge is 2.20. The molecule has 0 saturated heterocycles. The number of hydrazine groups is 2. The Morgan fingerprint density at radius 1 is 1.09 bits per heavy atom. The zero-order valence-electron chi connectivity index (χ0n) is 12.8. The number of guanidine groups is 1. The van der Waals surface area contributed by atoms with Gasteiger partial charge in [0, 0.05) is 32.7 Å². The summed E-state index contributed by atoms with van der Waals surface area (Å²) in [5.74, 6) is 1.14. The van der Waals surface area contributed by atoms with E-state index in [0.29, 0.717) is 24.9 Å². The monoisotopic (exact) mass is 306 g/mol. The molecular formula is C14H22N6O2. The SMILES string of the molecule is CN(CCO)C1=NN(N(C)CCO)NC(c2ccccc2)=N1. The predicted octanol–water partition coefficient (Wildman–Crippen LogP) is -0.712. The molecule has 3 N–H and O–H groups in total. The molecule has 1 aromatic carbocycles. The van der Waals surface area contributed by atoms with E-state index in [1.807, 2.05) is 44.4 Å². The summed E-state index contributed by atoms with van der Waals surface area (Å²) in [6.45, 7) is 0.896. The zero-order chi connectivity index (χ0) is 15.9. The highest BCUT2D eigenvalue weighted by molar-refractivity contribution is 6.06. The van der Waals surface area contributed by atoms with E-state index < -0.39 is 0 Å². The number of aliphatic hydroxyl groups excluding tert-OH is 2. The summed E-state index contributed by atoms with van der Waals surface area (Å²) in [5, 5.41) is 25.8. The van der Waals surface area contributed by atoms with E-state index in [0.717, 1.165) is 5.56 Å². The molecule has 1 aromatic rings. The molecule has 0 saturated carbocycles. The molecule has 1 aliphatic rings. The first-order chi connectivity index (χ1) is 10.7. The highest BCUT2D eigenvalue weighted by atomic mass is 16.3. The summed E-state index contributed by atoms with van der Waals surface area (Å²) in [6.07, 6.45) is 0. The summed E-state index contributed by atoms with van der Waals surface area (Å²) < 4.78 is 0. The van der Waals surface area contributed by atoms with Crippen molar-refractivity contribution in [3.05, 3.63) is 35.9 Å². The second-order valence-electron chi connectivity index (χ2n) is 4.88. The first-order valence-corrected chi connectivity index (χ1v) is 7.09. The van der Waals surface area contributed by atoms with Crippen molar-refractivity contribution in [1.82, 2.24) is 20.6 Å². The highest BCUT2D eigenvalue weighted by Crippen LogP contribution is 2.08. The summed E-state index contributed by atoms with van der Waals surface area (Å²) in [6, 6.07) is 9.71. The number of nitrogens with one attached hydrogen (secondary N) is 1. The lowest BCUT2D eigenvalue weighted by molar-refractivity contribution is -0.0384. The number of nitrogens with zero attached hydrogens (tertiary/aromatic N) is 5. The minimum atomic E-state index is 0.0177. The van der Waals surface area contributed by atoms with Crippen molar-refractivity contribution in [3.63, 3.8) is 0 Å². The summed E-state index contributed by atoms with van der Waals surface area (Å²) in [7, 11) is 3.63. The average molecular weight is 306 g/mol. The van der Waals surface area contributed by atoms with Crippen LogP contribution in [0.4, 0.5) is 0 Å². The second-order valence-corrected chi connectivity index (χ2v) is 4.88. The van der Waals surface area contributed by atoms with Crippen molar-refractivity contribution in [2.45, 2.75) is 0 Å². The fourth-order valence-electron chi connectivity index (χ4n) is 1.89. The quantitative estimate of drug-likeness (QED) is 0.643. The molecule has 0 atom stereocenters. The molecule has 8 nitrogen and oxygen atoms in total. The number of hydrogen-bond donors (Lipinski definition) is 3. The number of aliphatic imine (C=N–C) groups is 1. The molecule has 0 bridgehead atoms. The Balaban J connectivity index is 2.28. The van der Waals surface area contributed by atoms with Gasteiger partial charge in [0.25, 0.3) is 0 Å². The van der Waals surface area contributed by atoms with E-state index in [4.69, 9.17) is 10.2 Å². The van der Waals surface area contributed by atoms with Crippen molar-refractivity contribution in [2.75, 3.05) is 40.4 Å². The molecule has 0 spiro atoms. The number of hydrogen-bond acceptors (Lipinski definition) is 8. The van der Waals surface area contributed by atoms with Crippen LogP contribution >= 0.6 is 0 Å². The van der Waals surface area contributed by atoms with Crippen molar-refractivity contribution < 1.29 is 10.2 Å². The van der Waals surface area contributed by atoms with Crippen molar-refractivity contribution in [1.29, 1.82) is 0 Å². The molecule has 1 heterocycles. The van der Waals surface area contributed by atoms with Gasteiger partial charge < -0.3 is 15.1 Å². The topological polar surface area (TPSA) is 86.9 Å². The summed E-state index contributed by atoms with van der Waals surface area (Å²) in [4.78, 5) is 6.27. The number of amidine groups is 1. The van der Waals surface area contributed by atoms with Crippen LogP contribution in [0, 0.1) is 0 Å². The molecule has 0 unspecified atom stereocenters. The van der Waals surface area contributed by atoms with Crippen LogP contribution in [0.2, 0.25) is 0 Å². The lowest BCUT2D eigenvalue weighted by atomic mass is 10.2. The largest absolute Gasteiger partial charge is 0.395 e. The van der Waals surface area contributed by atoms with Gasteiger partial charge in [-0.1, -0.05) is 30.3 Å². The van der Waals surface area contributed by atoms with Gasteiger partial charge in [-0.05, 0) is 0 Å². The zero-order valence-corrected chi connectivity index (χ0v) is 12.8. The van der Waals surface area contributed by atoms with Gasteiger partial charge in [0.1, 0.15) is 0 Å². The molecule has 0 aromatic heterocycles. The molecule has 2 rings (SSSR count). The average Bonchev–Trinajstić information content (AvgIpc) is 2.55. The third kappa shape index (κ3) is 3.94. The fraction of sp³-hybridized carbons (Fsp3) is 0.429. The lowest BCUT2D eigenvalue weighted by Crippen LogP contribution is -2.53. The van der Waals surface area contributed by atoms with Gasteiger partial charge in [-0.25, -0.2) is 5.43 Å². The number of benzene rings is 1. The first-order valence-electron chi connectivity index (χ1n) is 7.09. The number of hydrazone groups is 1. The number of likely N-dealkylation sites (N-methyl/N-ethyl adjacent to an activating group) is 2. The van der Waals surface area contributed by atoms with Crippen LogP contribution < -0.4 is 5.43 Å². The second kappa shape index (κ2) is 7.74. The fourth-order valence-corrected chi connectivity index (χ4v) is 1.89.